The summed E-state index contributed by atoms with van der Waals surface area (Å²) in [5.41, 5.74) is 2.68. The number of hydrogen-bond acceptors (Lipinski definition) is 6. The molecule has 0 saturated carbocycles. The molecule has 4 aromatic rings. The molecule has 0 amide bonds. The monoisotopic (exact) mass is 423 g/mol. The molecule has 9 nitrogen and oxygen atoms in total. The Hall–Kier alpha value is -3.30. The average Bonchev–Trinajstić information content (AvgIpc) is 3.45. The number of benzene rings is 1. The Morgan fingerprint density at radius 2 is 2.13 bits per heavy atom. The lowest BCUT2D eigenvalue weighted by atomic mass is 10.1. The van der Waals surface area contributed by atoms with Crippen molar-refractivity contribution in [2.24, 2.45) is 0 Å². The molecule has 0 radical (unpaired) electrons. The maximum Gasteiger partial charge on any atom is 0.257 e. The fourth-order valence-corrected chi connectivity index (χ4v) is 3.74. The second-order valence-corrected chi connectivity index (χ2v) is 7.66. The first-order chi connectivity index (χ1) is 15.2. The first-order valence-electron chi connectivity index (χ1n) is 10.5. The fourth-order valence-electron chi connectivity index (χ4n) is 3.74. The van der Waals surface area contributed by atoms with E-state index in [1.807, 2.05) is 30.3 Å². The zero-order valence-corrected chi connectivity index (χ0v) is 17.5. The van der Waals surface area contributed by atoms with Crippen LogP contribution in [-0.4, -0.2) is 43.4 Å². The normalized spacial score (nSPS) is 12.5. The third-order valence-corrected chi connectivity index (χ3v) is 5.42. The van der Waals surface area contributed by atoms with E-state index < -0.39 is 0 Å². The molecule has 31 heavy (non-hydrogen) atoms. The largest absolute Gasteiger partial charge is 0.467 e. The van der Waals surface area contributed by atoms with E-state index in [0.29, 0.717) is 44.0 Å². The van der Waals surface area contributed by atoms with E-state index in [1.54, 1.807) is 10.9 Å². The number of hydrogen-bond donors (Lipinski definition) is 3. The highest BCUT2D eigenvalue weighted by atomic mass is 16.3. The van der Waals surface area contributed by atoms with Gasteiger partial charge in [-0.2, -0.15) is 0 Å². The molecule has 3 aromatic heterocycles. The first-order valence-corrected chi connectivity index (χ1v) is 10.5. The van der Waals surface area contributed by atoms with Crippen LogP contribution >= 0.6 is 0 Å². The number of aliphatic hydroxyl groups is 1. The highest BCUT2D eigenvalue weighted by Gasteiger charge is 2.18. The lowest BCUT2D eigenvalue weighted by Crippen LogP contribution is -3.09. The summed E-state index contributed by atoms with van der Waals surface area (Å²) in [6, 6.07) is 11.8. The standard InChI is InChI=1S/C22H26N6O3/c1-2-16-6-7-20-17(11-16)12-18(22(30)23-20)13-27(8-4-9-29)15-21-24-25-26-28(21)14-19-5-3-10-31-19/h3,5-7,10-12,29H,2,4,8-9,13-15H2,1H3,(H,23,30)/p+1. The highest BCUT2D eigenvalue weighted by molar-refractivity contribution is 5.79. The molecule has 3 heterocycles. The van der Waals surface area contributed by atoms with Gasteiger partial charge in [0, 0.05) is 18.5 Å². The van der Waals surface area contributed by atoms with Crippen molar-refractivity contribution in [1.82, 2.24) is 25.2 Å². The van der Waals surface area contributed by atoms with Crippen molar-refractivity contribution < 1.29 is 14.4 Å². The first kappa shape index (κ1) is 21.0. The van der Waals surface area contributed by atoms with Crippen LogP contribution in [0.2, 0.25) is 0 Å². The Labute approximate surface area is 179 Å². The lowest BCUT2D eigenvalue weighted by molar-refractivity contribution is -0.928. The number of rotatable bonds is 10. The topological polar surface area (TPSA) is 114 Å². The summed E-state index contributed by atoms with van der Waals surface area (Å²) in [6.07, 6.45) is 3.19. The molecule has 0 aliphatic carbocycles. The number of nitrogens with one attached hydrogen (secondary N) is 2. The minimum absolute atomic E-state index is 0.0894. The van der Waals surface area contributed by atoms with Crippen LogP contribution in [-0.2, 0) is 26.1 Å². The molecule has 1 aromatic carbocycles. The van der Waals surface area contributed by atoms with Gasteiger partial charge in [0.2, 0.25) is 5.82 Å². The predicted molar refractivity (Wildman–Crippen MR) is 115 cm³/mol. The van der Waals surface area contributed by atoms with E-state index in [1.165, 1.54) is 5.56 Å². The van der Waals surface area contributed by atoms with Crippen molar-refractivity contribution in [2.75, 3.05) is 13.2 Å². The number of furan rings is 1. The van der Waals surface area contributed by atoms with Crippen molar-refractivity contribution in [1.29, 1.82) is 0 Å². The highest BCUT2D eigenvalue weighted by Crippen LogP contribution is 2.14. The molecule has 0 aliphatic heterocycles. The molecule has 0 aliphatic rings. The molecule has 0 fully saturated rings. The molecule has 162 valence electrons. The molecular weight excluding hydrogens is 396 g/mol. The number of pyridine rings is 1. The van der Waals surface area contributed by atoms with Crippen LogP contribution in [0.3, 0.4) is 0 Å². The fraction of sp³-hybridized carbons (Fsp3) is 0.364. The Bertz CT molecular complexity index is 1180. The van der Waals surface area contributed by atoms with Gasteiger partial charge in [-0.05, 0) is 58.1 Å². The predicted octanol–water partition coefficient (Wildman–Crippen LogP) is 0.686. The van der Waals surface area contributed by atoms with Crippen LogP contribution < -0.4 is 10.5 Å². The zero-order valence-electron chi connectivity index (χ0n) is 17.5. The third kappa shape index (κ3) is 5.07. The van der Waals surface area contributed by atoms with Crippen LogP contribution in [0.5, 0.6) is 0 Å². The third-order valence-electron chi connectivity index (χ3n) is 5.42. The van der Waals surface area contributed by atoms with E-state index in [-0.39, 0.29) is 12.2 Å². The number of aromatic amines is 1. The van der Waals surface area contributed by atoms with Crippen molar-refractivity contribution in [2.45, 2.75) is 39.4 Å². The van der Waals surface area contributed by atoms with Crippen LogP contribution in [0.15, 0.2) is 51.9 Å². The number of quaternary nitrogens is 1. The molecule has 0 bridgehead atoms. The maximum absolute atomic E-state index is 12.7. The van der Waals surface area contributed by atoms with E-state index in [0.717, 1.165) is 28.0 Å². The van der Waals surface area contributed by atoms with E-state index in [9.17, 15) is 9.90 Å². The van der Waals surface area contributed by atoms with Gasteiger partial charge in [-0.3, -0.25) is 4.79 Å². The Morgan fingerprint density at radius 3 is 2.90 bits per heavy atom. The van der Waals surface area contributed by atoms with Crippen LogP contribution in [0.4, 0.5) is 0 Å². The van der Waals surface area contributed by atoms with Gasteiger partial charge in [-0.25, -0.2) is 4.68 Å². The van der Waals surface area contributed by atoms with Crippen LogP contribution in [0, 0.1) is 0 Å². The number of tetrazole rings is 1. The smallest absolute Gasteiger partial charge is 0.257 e. The summed E-state index contributed by atoms with van der Waals surface area (Å²) in [6.45, 7) is 4.38. The molecule has 3 N–H and O–H groups in total. The van der Waals surface area contributed by atoms with Crippen LogP contribution in [0.25, 0.3) is 10.9 Å². The van der Waals surface area contributed by atoms with Gasteiger partial charge in [0.05, 0.1) is 18.4 Å². The Balaban J connectivity index is 1.57. The van der Waals surface area contributed by atoms with Gasteiger partial charge in [0.25, 0.3) is 5.56 Å². The van der Waals surface area contributed by atoms with Crippen molar-refractivity contribution in [3.63, 3.8) is 0 Å². The molecule has 0 spiro atoms. The lowest BCUT2D eigenvalue weighted by Gasteiger charge is -2.18. The molecule has 1 unspecified atom stereocenters. The zero-order chi connectivity index (χ0) is 21.6. The maximum atomic E-state index is 12.7. The summed E-state index contributed by atoms with van der Waals surface area (Å²) < 4.78 is 7.11. The second kappa shape index (κ2) is 9.67. The van der Waals surface area contributed by atoms with Gasteiger partial charge >= 0.3 is 0 Å². The second-order valence-electron chi connectivity index (χ2n) is 7.66. The minimum Gasteiger partial charge on any atom is -0.467 e. The Kier molecular flexibility index (Phi) is 6.54. The van der Waals surface area contributed by atoms with Crippen molar-refractivity contribution >= 4 is 10.9 Å². The number of nitrogens with zero attached hydrogens (tertiary/aromatic N) is 4. The van der Waals surface area contributed by atoms with Gasteiger partial charge in [-0.15, -0.1) is 5.10 Å². The summed E-state index contributed by atoms with van der Waals surface area (Å²) in [7, 11) is 0. The summed E-state index contributed by atoms with van der Waals surface area (Å²) in [5, 5.41) is 22.4. The molecular formula is C22H27N6O3+. The number of fused-ring (bicyclic) bond motifs is 1. The van der Waals surface area contributed by atoms with Gasteiger partial charge in [0.1, 0.15) is 25.4 Å². The number of aliphatic hydroxyl groups excluding tert-OH is 1. The van der Waals surface area contributed by atoms with Gasteiger partial charge < -0.3 is 19.4 Å². The summed E-state index contributed by atoms with van der Waals surface area (Å²) in [4.78, 5) is 16.8. The Morgan fingerprint density at radius 1 is 1.23 bits per heavy atom. The van der Waals surface area contributed by atoms with E-state index >= 15 is 0 Å². The average molecular weight is 423 g/mol. The number of aromatic nitrogens is 5. The van der Waals surface area contributed by atoms with E-state index in [4.69, 9.17) is 4.42 Å². The van der Waals surface area contributed by atoms with E-state index in [2.05, 4.69) is 33.5 Å². The molecule has 0 saturated heterocycles. The summed E-state index contributed by atoms with van der Waals surface area (Å²) in [5.74, 6) is 1.47. The number of aryl methyl sites for hydroxylation is 1. The minimum atomic E-state index is -0.0894. The molecule has 9 heteroatoms. The molecule has 1 atom stereocenters. The summed E-state index contributed by atoms with van der Waals surface area (Å²) >= 11 is 0. The van der Waals surface area contributed by atoms with Crippen LogP contribution in [0.1, 0.15) is 36.1 Å². The van der Waals surface area contributed by atoms with Gasteiger partial charge in [0.15, 0.2) is 0 Å². The quantitative estimate of drug-likeness (QED) is 0.346. The van der Waals surface area contributed by atoms with Gasteiger partial charge in [-0.1, -0.05) is 13.0 Å². The van der Waals surface area contributed by atoms with Crippen molar-refractivity contribution in [3.05, 3.63) is 75.7 Å². The SMILES string of the molecule is CCc1ccc2[nH]c(=O)c(C[NH+](CCCO)Cc3nnnn3Cc3ccco3)cc2c1. The number of H-pyrrole nitrogens is 1. The van der Waals surface area contributed by atoms with Crippen molar-refractivity contribution in [3.8, 4) is 0 Å². The molecule has 4 rings (SSSR count).